The fourth-order valence-corrected chi connectivity index (χ4v) is 2.66. The van der Waals surface area contributed by atoms with Gasteiger partial charge in [-0.15, -0.1) is 0 Å². The zero-order valence-corrected chi connectivity index (χ0v) is 17.0. The minimum absolute atomic E-state index is 0.0425. The van der Waals surface area contributed by atoms with E-state index in [0.29, 0.717) is 6.04 Å². The van der Waals surface area contributed by atoms with Crippen LogP contribution in [-0.4, -0.2) is 56.1 Å². The maximum Gasteiger partial charge on any atom is 0.258 e. The van der Waals surface area contributed by atoms with Crippen molar-refractivity contribution in [2.75, 3.05) is 33.3 Å². The molecule has 27 heavy (non-hydrogen) atoms. The SMILES string of the molecule is CCCCN(C)C(=NCCc1ccc(OCC(=O)NC2CC2)cc1)NCC. The Labute approximate surface area is 163 Å². The molecule has 0 heterocycles. The molecule has 1 aromatic rings. The van der Waals surface area contributed by atoms with Gasteiger partial charge in [0.25, 0.3) is 5.91 Å². The van der Waals surface area contributed by atoms with Crippen molar-refractivity contribution in [1.29, 1.82) is 0 Å². The molecule has 0 aliphatic heterocycles. The van der Waals surface area contributed by atoms with Crippen LogP contribution in [0, 0.1) is 0 Å². The van der Waals surface area contributed by atoms with Crippen LogP contribution < -0.4 is 15.4 Å². The van der Waals surface area contributed by atoms with Crippen molar-refractivity contribution >= 4 is 11.9 Å². The van der Waals surface area contributed by atoms with E-state index in [1.54, 1.807) is 0 Å². The monoisotopic (exact) mass is 374 g/mol. The second-order valence-electron chi connectivity index (χ2n) is 7.04. The molecule has 0 bridgehead atoms. The van der Waals surface area contributed by atoms with Crippen LogP contribution in [0.5, 0.6) is 5.75 Å². The first-order chi connectivity index (χ1) is 13.1. The van der Waals surface area contributed by atoms with Crippen LogP contribution in [0.25, 0.3) is 0 Å². The van der Waals surface area contributed by atoms with Crippen molar-refractivity contribution in [3.63, 3.8) is 0 Å². The Morgan fingerprint density at radius 2 is 2.00 bits per heavy atom. The van der Waals surface area contributed by atoms with Crippen LogP contribution in [0.15, 0.2) is 29.3 Å². The lowest BCUT2D eigenvalue weighted by Crippen LogP contribution is -2.39. The Morgan fingerprint density at radius 3 is 2.63 bits per heavy atom. The van der Waals surface area contributed by atoms with E-state index in [1.807, 2.05) is 24.3 Å². The number of ether oxygens (including phenoxy) is 1. The number of unbranched alkanes of at least 4 members (excludes halogenated alkanes) is 1. The number of hydrogen-bond acceptors (Lipinski definition) is 3. The first kappa shape index (κ1) is 21.1. The molecule has 1 aromatic carbocycles. The molecule has 0 atom stereocenters. The number of rotatable bonds is 11. The normalized spacial score (nSPS) is 14.0. The minimum Gasteiger partial charge on any atom is -0.484 e. The molecular weight excluding hydrogens is 340 g/mol. The number of hydrogen-bond donors (Lipinski definition) is 2. The van der Waals surface area contributed by atoms with Crippen LogP contribution in [0.3, 0.4) is 0 Å². The number of carbonyl (C=O) groups is 1. The first-order valence-electron chi connectivity index (χ1n) is 10.1. The second kappa shape index (κ2) is 11.5. The van der Waals surface area contributed by atoms with Crippen molar-refractivity contribution in [3.05, 3.63) is 29.8 Å². The maximum atomic E-state index is 11.7. The largest absolute Gasteiger partial charge is 0.484 e. The summed E-state index contributed by atoms with van der Waals surface area (Å²) < 4.78 is 5.54. The van der Waals surface area contributed by atoms with Crippen molar-refractivity contribution in [3.8, 4) is 5.75 Å². The number of carbonyl (C=O) groups excluding carboxylic acids is 1. The van der Waals surface area contributed by atoms with Crippen molar-refractivity contribution in [2.45, 2.75) is 52.0 Å². The number of benzene rings is 1. The zero-order chi connectivity index (χ0) is 19.5. The van der Waals surface area contributed by atoms with Crippen LogP contribution in [-0.2, 0) is 11.2 Å². The molecule has 1 aliphatic carbocycles. The summed E-state index contributed by atoms with van der Waals surface area (Å²) in [5.74, 6) is 1.65. The molecule has 2 N–H and O–H groups in total. The molecule has 2 rings (SSSR count). The molecule has 6 heteroatoms. The fourth-order valence-electron chi connectivity index (χ4n) is 2.66. The Bertz CT molecular complexity index is 597. The van der Waals surface area contributed by atoms with Crippen LogP contribution in [0.1, 0.15) is 45.1 Å². The summed E-state index contributed by atoms with van der Waals surface area (Å²) in [5, 5.41) is 6.27. The zero-order valence-electron chi connectivity index (χ0n) is 17.0. The summed E-state index contributed by atoms with van der Waals surface area (Å²) in [5.41, 5.74) is 1.21. The van der Waals surface area contributed by atoms with E-state index in [0.717, 1.165) is 50.6 Å². The van der Waals surface area contributed by atoms with E-state index in [-0.39, 0.29) is 12.5 Å². The Hall–Kier alpha value is -2.24. The molecule has 0 spiro atoms. The molecule has 150 valence electrons. The molecule has 0 saturated heterocycles. The number of guanidine groups is 1. The predicted octanol–water partition coefficient (Wildman–Crippen LogP) is 2.58. The van der Waals surface area contributed by atoms with Gasteiger partial charge in [-0.3, -0.25) is 9.79 Å². The second-order valence-corrected chi connectivity index (χ2v) is 7.04. The Morgan fingerprint density at radius 1 is 1.26 bits per heavy atom. The third-order valence-electron chi connectivity index (χ3n) is 4.44. The molecule has 1 saturated carbocycles. The molecule has 1 amide bonds. The topological polar surface area (TPSA) is 66.0 Å². The maximum absolute atomic E-state index is 11.7. The quantitative estimate of drug-likeness (QED) is 0.462. The van der Waals surface area contributed by atoms with Gasteiger partial charge in [0.2, 0.25) is 0 Å². The third kappa shape index (κ3) is 8.33. The Balaban J connectivity index is 1.75. The summed E-state index contributed by atoms with van der Waals surface area (Å²) in [6.45, 7) is 7.00. The van der Waals surface area contributed by atoms with Gasteiger partial charge in [0.15, 0.2) is 12.6 Å². The highest BCUT2D eigenvalue weighted by molar-refractivity contribution is 5.79. The van der Waals surface area contributed by atoms with E-state index in [1.165, 1.54) is 18.4 Å². The highest BCUT2D eigenvalue weighted by atomic mass is 16.5. The average molecular weight is 375 g/mol. The lowest BCUT2D eigenvalue weighted by atomic mass is 10.1. The molecule has 1 aliphatic rings. The molecule has 6 nitrogen and oxygen atoms in total. The highest BCUT2D eigenvalue weighted by Crippen LogP contribution is 2.18. The fraction of sp³-hybridized carbons (Fsp3) is 0.619. The van der Waals surface area contributed by atoms with Gasteiger partial charge in [0.05, 0.1) is 0 Å². The number of amides is 1. The van der Waals surface area contributed by atoms with Gasteiger partial charge < -0.3 is 20.3 Å². The predicted molar refractivity (Wildman–Crippen MR) is 110 cm³/mol. The molecular formula is C21H34N4O2. The van der Waals surface area contributed by atoms with Gasteiger partial charge in [-0.05, 0) is 50.3 Å². The van der Waals surface area contributed by atoms with Gasteiger partial charge in [-0.2, -0.15) is 0 Å². The molecule has 0 unspecified atom stereocenters. The minimum atomic E-state index is -0.0425. The van der Waals surface area contributed by atoms with E-state index in [2.05, 4.69) is 36.4 Å². The summed E-state index contributed by atoms with van der Waals surface area (Å²) in [4.78, 5) is 18.6. The first-order valence-corrected chi connectivity index (χ1v) is 10.1. The lowest BCUT2D eigenvalue weighted by molar-refractivity contribution is -0.123. The van der Waals surface area contributed by atoms with Gasteiger partial charge in [0, 0.05) is 32.7 Å². The van der Waals surface area contributed by atoms with Crippen molar-refractivity contribution in [2.24, 2.45) is 4.99 Å². The summed E-state index contributed by atoms with van der Waals surface area (Å²) in [6.07, 6.45) is 5.40. The summed E-state index contributed by atoms with van der Waals surface area (Å²) in [6, 6.07) is 8.29. The van der Waals surface area contributed by atoms with Crippen LogP contribution >= 0.6 is 0 Å². The number of nitrogens with one attached hydrogen (secondary N) is 2. The standard InChI is InChI=1S/C21H34N4O2/c1-4-6-15-25(3)21(22-5-2)23-14-13-17-7-11-19(12-8-17)27-16-20(26)24-18-9-10-18/h7-8,11-12,18H,4-6,9-10,13-16H2,1-3H3,(H,22,23)(H,24,26). The van der Waals surface area contributed by atoms with E-state index in [4.69, 9.17) is 9.73 Å². The highest BCUT2D eigenvalue weighted by Gasteiger charge is 2.23. The van der Waals surface area contributed by atoms with Gasteiger partial charge in [0.1, 0.15) is 5.75 Å². The molecule has 1 fully saturated rings. The van der Waals surface area contributed by atoms with Gasteiger partial charge in [-0.1, -0.05) is 25.5 Å². The summed E-state index contributed by atoms with van der Waals surface area (Å²) >= 11 is 0. The van der Waals surface area contributed by atoms with Gasteiger partial charge in [-0.25, -0.2) is 0 Å². The average Bonchev–Trinajstić information content (AvgIpc) is 3.48. The Kier molecular flexibility index (Phi) is 8.95. The smallest absolute Gasteiger partial charge is 0.258 e. The van der Waals surface area contributed by atoms with E-state index >= 15 is 0 Å². The van der Waals surface area contributed by atoms with Gasteiger partial charge >= 0.3 is 0 Å². The van der Waals surface area contributed by atoms with Crippen molar-refractivity contribution in [1.82, 2.24) is 15.5 Å². The van der Waals surface area contributed by atoms with E-state index in [9.17, 15) is 4.79 Å². The van der Waals surface area contributed by atoms with Crippen LogP contribution in [0.2, 0.25) is 0 Å². The third-order valence-corrected chi connectivity index (χ3v) is 4.44. The molecule has 0 radical (unpaired) electrons. The van der Waals surface area contributed by atoms with E-state index < -0.39 is 0 Å². The lowest BCUT2D eigenvalue weighted by Gasteiger charge is -2.21. The van der Waals surface area contributed by atoms with Crippen LogP contribution in [0.4, 0.5) is 0 Å². The molecule has 0 aromatic heterocycles. The number of aliphatic imine (C=N–C) groups is 1. The number of nitrogens with zero attached hydrogens (tertiary/aromatic N) is 2. The summed E-state index contributed by atoms with van der Waals surface area (Å²) in [7, 11) is 2.09. The van der Waals surface area contributed by atoms with Crippen molar-refractivity contribution < 1.29 is 9.53 Å².